The zero-order valence-electron chi connectivity index (χ0n) is 54.2. The van der Waals surface area contributed by atoms with E-state index in [1.54, 1.807) is 6.07 Å². The number of para-hydroxylation sites is 4. The summed E-state index contributed by atoms with van der Waals surface area (Å²) in [5.41, 5.74) is 15.6. The fourth-order valence-electron chi connectivity index (χ4n) is 11.0. The van der Waals surface area contributed by atoms with Crippen LogP contribution in [-0.2, 0) is 48.1 Å². The maximum absolute atomic E-state index is 8.90. The Bertz CT molecular complexity index is 4380. The quantitative estimate of drug-likeness (QED) is 0.149. The van der Waals surface area contributed by atoms with E-state index in [0.29, 0.717) is 50.1 Å². The Morgan fingerprint density at radius 2 is 1.06 bits per heavy atom. The van der Waals surface area contributed by atoms with Gasteiger partial charge in [0.25, 0.3) is 0 Å². The summed E-state index contributed by atoms with van der Waals surface area (Å²) in [7, 11) is 0. The summed E-state index contributed by atoms with van der Waals surface area (Å²) in [5, 5.41) is 2.29. The molecule has 0 saturated carbocycles. The smallest absolute Gasteiger partial charge is 0.135 e. The van der Waals surface area contributed by atoms with E-state index in [4.69, 9.17) is 21.0 Å². The predicted octanol–water partition coefficient (Wildman–Crippen LogP) is 20.7. The third-order valence-corrected chi connectivity index (χ3v) is 15.8. The Morgan fingerprint density at radius 3 is 1.65 bits per heavy atom. The van der Waals surface area contributed by atoms with Crippen LogP contribution in [0, 0.1) is 18.8 Å². The monoisotopic (exact) mass is 1250 g/mol. The fourth-order valence-corrected chi connectivity index (χ4v) is 11.0. The number of rotatable bonds is 7. The molecular weight excluding hydrogens is 1170 g/mol. The van der Waals surface area contributed by atoms with Crippen molar-refractivity contribution in [3.05, 3.63) is 210 Å². The number of hydrogen-bond acceptors (Lipinski definition) is 5. The molecule has 0 saturated heterocycles. The number of fused-ring (bicyclic) bond motifs is 8. The summed E-state index contributed by atoms with van der Waals surface area (Å²) in [4.78, 5) is 9.34. The van der Waals surface area contributed by atoms with Crippen LogP contribution < -0.4 is 14.5 Å². The van der Waals surface area contributed by atoms with E-state index >= 15 is 0 Å². The van der Waals surface area contributed by atoms with Crippen molar-refractivity contribution in [3.63, 3.8) is 0 Å². The van der Waals surface area contributed by atoms with Crippen LogP contribution in [0.2, 0.25) is 0 Å². The van der Waals surface area contributed by atoms with E-state index in [1.165, 1.54) is 22.3 Å². The van der Waals surface area contributed by atoms with Crippen molar-refractivity contribution in [2.24, 2.45) is 0 Å². The van der Waals surface area contributed by atoms with Gasteiger partial charge in [0.05, 0.1) is 6.85 Å². The molecule has 0 fully saturated rings. The minimum absolute atomic E-state index is 0. The van der Waals surface area contributed by atoms with Crippen LogP contribution in [0.1, 0.15) is 139 Å². The van der Waals surface area contributed by atoms with Gasteiger partial charge in [-0.3, -0.25) is 0 Å². The van der Waals surface area contributed by atoms with Crippen LogP contribution in [0.15, 0.2) is 168 Å². The number of furan rings is 1. The molecule has 0 spiro atoms. The van der Waals surface area contributed by atoms with Crippen molar-refractivity contribution in [1.82, 2.24) is 9.55 Å². The second kappa shape index (κ2) is 19.9. The van der Waals surface area contributed by atoms with Gasteiger partial charge < -0.3 is 23.5 Å². The molecule has 0 bridgehead atoms. The standard InChI is InChI=1S/C74H73N4O2.Pt/c1-70(2,3)48-34-35-75-66(42-48)78-63-33-32-59-58-24-16-19-29-65(58)80-69(59)67(63)60-31-30-55(44-64(60)78)79-54-23-20-22-53(43-54)76-45-77(62-28-18-17-27-61(62)76)68-56(46-36-49(71(4,5)6)40-50(37-46)72(7,8)9)25-21-26-57(68)47-38-51(73(10,11)12)41-52(39-47)74(13,14)15;/h16-42,45H,1-15H3;/q-3;/i16D,19D,24D,29D,35D;. The first-order chi connectivity index (χ1) is 39.8. The van der Waals surface area contributed by atoms with Gasteiger partial charge in [0, 0.05) is 83.2 Å². The minimum Gasteiger partial charge on any atom is -0.509 e. The van der Waals surface area contributed by atoms with Gasteiger partial charge in [-0.1, -0.05) is 200 Å². The third kappa shape index (κ3) is 10.2. The summed E-state index contributed by atoms with van der Waals surface area (Å²) in [6.45, 7) is 36.0. The van der Waals surface area contributed by atoms with Crippen molar-refractivity contribution in [1.29, 1.82) is 0 Å². The van der Waals surface area contributed by atoms with Crippen LogP contribution in [0.3, 0.4) is 0 Å². The normalized spacial score (nSPS) is 14.3. The molecule has 8 aromatic carbocycles. The second-order valence-electron chi connectivity index (χ2n) is 26.8. The first kappa shape index (κ1) is 49.4. The van der Waals surface area contributed by atoms with Crippen molar-refractivity contribution >= 4 is 66.5 Å². The van der Waals surface area contributed by atoms with Crippen molar-refractivity contribution in [3.8, 4) is 39.6 Å². The zero-order valence-corrected chi connectivity index (χ0v) is 51.5. The molecule has 3 aromatic heterocycles. The number of pyridine rings is 1. The Labute approximate surface area is 501 Å². The molecule has 7 heteroatoms. The van der Waals surface area contributed by atoms with Crippen molar-refractivity contribution in [2.75, 3.05) is 9.80 Å². The van der Waals surface area contributed by atoms with Crippen LogP contribution in [-0.4, -0.2) is 9.55 Å². The third-order valence-electron chi connectivity index (χ3n) is 15.8. The van der Waals surface area contributed by atoms with Gasteiger partial charge in [-0.15, -0.1) is 42.7 Å². The summed E-state index contributed by atoms with van der Waals surface area (Å²) < 4.78 is 58.8. The molecule has 1 aliphatic heterocycles. The molecule has 414 valence electrons. The van der Waals surface area contributed by atoms with E-state index in [0.717, 1.165) is 56.0 Å². The average Bonchev–Trinajstić information content (AvgIpc) is 1.55. The van der Waals surface area contributed by atoms with Gasteiger partial charge in [0.1, 0.15) is 17.0 Å². The van der Waals surface area contributed by atoms with E-state index < -0.39 is 0 Å². The van der Waals surface area contributed by atoms with E-state index in [9.17, 15) is 0 Å². The predicted molar refractivity (Wildman–Crippen MR) is 336 cm³/mol. The number of hydrogen-bond donors (Lipinski definition) is 0. The molecule has 0 amide bonds. The molecule has 0 N–H and O–H groups in total. The molecule has 4 heterocycles. The van der Waals surface area contributed by atoms with Crippen LogP contribution in [0.25, 0.3) is 71.8 Å². The molecule has 0 aliphatic carbocycles. The Balaban J connectivity index is 0.00000768. The number of nitrogens with zero attached hydrogens (tertiary/aromatic N) is 4. The van der Waals surface area contributed by atoms with Gasteiger partial charge in [0.2, 0.25) is 0 Å². The van der Waals surface area contributed by atoms with Gasteiger partial charge >= 0.3 is 0 Å². The largest absolute Gasteiger partial charge is 0.509 e. The number of benzene rings is 8. The van der Waals surface area contributed by atoms with E-state index in [-0.39, 0.29) is 84.1 Å². The minimum atomic E-state index is -0.360. The number of ether oxygens (including phenoxy) is 1. The van der Waals surface area contributed by atoms with Crippen LogP contribution in [0.4, 0.5) is 22.7 Å². The van der Waals surface area contributed by atoms with Gasteiger partial charge in [-0.2, -0.15) is 12.1 Å². The Morgan fingerprint density at radius 1 is 0.519 bits per heavy atom. The van der Waals surface area contributed by atoms with Gasteiger partial charge in [-0.05, 0) is 114 Å². The summed E-state index contributed by atoms with van der Waals surface area (Å²) >= 11 is 0. The topological polar surface area (TPSA) is 46.7 Å². The van der Waals surface area contributed by atoms with Crippen molar-refractivity contribution < 1.29 is 37.1 Å². The Kier molecular flexibility index (Phi) is 12.2. The van der Waals surface area contributed by atoms with E-state index in [1.807, 2.05) is 47.0 Å². The molecule has 0 unspecified atom stereocenters. The summed E-state index contributed by atoms with van der Waals surface area (Å²) in [6.07, 6.45) is 0.108. The summed E-state index contributed by atoms with van der Waals surface area (Å²) in [5.74, 6) is 1.38. The van der Waals surface area contributed by atoms with Crippen LogP contribution >= 0.6 is 0 Å². The first-order valence-electron chi connectivity index (χ1n) is 30.4. The fraction of sp³-hybridized carbons (Fsp3) is 0.270. The zero-order chi connectivity index (χ0) is 60.8. The average molecular weight is 1250 g/mol. The molecule has 12 rings (SSSR count). The van der Waals surface area contributed by atoms with Crippen LogP contribution in [0.5, 0.6) is 11.5 Å². The molecule has 1 aliphatic rings. The van der Waals surface area contributed by atoms with Crippen molar-refractivity contribution in [2.45, 2.75) is 131 Å². The first-order valence-corrected chi connectivity index (χ1v) is 27.9. The molecular formula is C74H73N4O2Pt-3. The maximum Gasteiger partial charge on any atom is 0.135 e. The summed E-state index contributed by atoms with van der Waals surface area (Å²) in [6, 6.07) is 53.1. The van der Waals surface area contributed by atoms with E-state index in [2.05, 4.69) is 217 Å². The number of anilines is 4. The van der Waals surface area contributed by atoms with Gasteiger partial charge in [0.15, 0.2) is 0 Å². The molecule has 0 radical (unpaired) electrons. The second-order valence-corrected chi connectivity index (χ2v) is 26.8. The van der Waals surface area contributed by atoms with Gasteiger partial charge in [-0.25, -0.2) is 4.98 Å². The number of aromatic nitrogens is 2. The molecule has 6 nitrogen and oxygen atoms in total. The Hall–Kier alpha value is -7.40. The molecule has 0 atom stereocenters. The molecule has 11 aromatic rings. The SMILES string of the molecule is [2H]c1cc(C(C)(C)C)cc(-n2c3[c-]c(Oc4[c-]c(N5[CH-]N(c6c(-c7cc(C(C)(C)C)cc(C(C)(C)C)c7)cccc6-c6cc(C(C)(C)C)cc(C(C)(C)C)c6)c6ccccc65)ccc4)ccc3c3c4oc5c([2H])c([2H])c([2H])c([2H])c5c4ccc32)n1.[Pt]. The molecule has 81 heavy (non-hydrogen) atoms. The maximum atomic E-state index is 8.90.